The van der Waals surface area contributed by atoms with Crippen molar-refractivity contribution in [3.63, 3.8) is 0 Å². The molecule has 0 bridgehead atoms. The molecule has 0 atom stereocenters. The Morgan fingerprint density at radius 3 is 2.64 bits per heavy atom. The lowest BCUT2D eigenvalue weighted by Gasteiger charge is -2.30. The van der Waals surface area contributed by atoms with Crippen molar-refractivity contribution < 1.29 is 23.5 Å². The Bertz CT molecular complexity index is 558. The lowest BCUT2D eigenvalue weighted by Crippen LogP contribution is -2.42. The zero-order valence-electron chi connectivity index (χ0n) is 12.2. The molecule has 1 saturated heterocycles. The van der Waals surface area contributed by atoms with Gasteiger partial charge in [-0.3, -0.25) is 9.59 Å². The van der Waals surface area contributed by atoms with Crippen molar-refractivity contribution in [2.24, 2.45) is 5.92 Å². The van der Waals surface area contributed by atoms with E-state index < -0.39 is 5.82 Å². The molecular formula is C15H17ClFNO4. The molecule has 1 heterocycles. The molecule has 120 valence electrons. The van der Waals surface area contributed by atoms with Crippen LogP contribution in [0.1, 0.15) is 12.8 Å². The van der Waals surface area contributed by atoms with E-state index in [1.165, 1.54) is 19.2 Å². The summed E-state index contributed by atoms with van der Waals surface area (Å²) in [5.74, 6) is -0.777. The fraction of sp³-hybridized carbons (Fsp3) is 0.467. The van der Waals surface area contributed by atoms with Gasteiger partial charge in [0.2, 0.25) is 0 Å². The maximum atomic E-state index is 12.9. The van der Waals surface area contributed by atoms with Crippen LogP contribution in [0.3, 0.4) is 0 Å². The van der Waals surface area contributed by atoms with Crippen molar-refractivity contribution >= 4 is 23.5 Å². The van der Waals surface area contributed by atoms with E-state index in [9.17, 15) is 14.0 Å². The van der Waals surface area contributed by atoms with Crippen molar-refractivity contribution in [1.29, 1.82) is 0 Å². The van der Waals surface area contributed by atoms with Crippen LogP contribution >= 0.6 is 11.6 Å². The van der Waals surface area contributed by atoms with Gasteiger partial charge < -0.3 is 14.4 Å². The number of hydrogen-bond acceptors (Lipinski definition) is 4. The molecule has 0 N–H and O–H groups in total. The first kappa shape index (κ1) is 16.5. The van der Waals surface area contributed by atoms with Crippen LogP contribution in [0.15, 0.2) is 18.2 Å². The lowest BCUT2D eigenvalue weighted by molar-refractivity contribution is -0.149. The number of esters is 1. The first-order valence-electron chi connectivity index (χ1n) is 6.94. The lowest BCUT2D eigenvalue weighted by atomic mass is 9.97. The van der Waals surface area contributed by atoms with Crippen molar-refractivity contribution in [2.45, 2.75) is 12.8 Å². The third kappa shape index (κ3) is 4.10. The third-order valence-electron chi connectivity index (χ3n) is 3.63. The van der Waals surface area contributed by atoms with Crippen molar-refractivity contribution in [2.75, 3.05) is 26.8 Å². The predicted molar refractivity (Wildman–Crippen MR) is 78.2 cm³/mol. The summed E-state index contributed by atoms with van der Waals surface area (Å²) in [4.78, 5) is 25.1. The average molecular weight is 330 g/mol. The van der Waals surface area contributed by atoms with Crippen molar-refractivity contribution in [1.82, 2.24) is 4.90 Å². The highest BCUT2D eigenvalue weighted by atomic mass is 35.5. The Kier molecular flexibility index (Phi) is 5.60. The molecular weight excluding hydrogens is 313 g/mol. The van der Waals surface area contributed by atoms with Crippen LogP contribution in [0.4, 0.5) is 4.39 Å². The number of likely N-dealkylation sites (tertiary alicyclic amines) is 1. The quantitative estimate of drug-likeness (QED) is 0.795. The highest BCUT2D eigenvalue weighted by Gasteiger charge is 2.28. The zero-order chi connectivity index (χ0) is 16.1. The monoisotopic (exact) mass is 329 g/mol. The summed E-state index contributed by atoms with van der Waals surface area (Å²) in [7, 11) is 1.36. The van der Waals surface area contributed by atoms with Crippen molar-refractivity contribution in [3.05, 3.63) is 29.0 Å². The molecule has 1 aliphatic rings. The summed E-state index contributed by atoms with van der Waals surface area (Å²) >= 11 is 5.83. The molecule has 0 radical (unpaired) electrons. The molecule has 22 heavy (non-hydrogen) atoms. The second kappa shape index (κ2) is 7.45. The van der Waals surface area contributed by atoms with Crippen LogP contribution in [0, 0.1) is 11.7 Å². The van der Waals surface area contributed by atoms with Gasteiger partial charge in [-0.15, -0.1) is 0 Å². The molecule has 1 aromatic rings. The average Bonchev–Trinajstić information content (AvgIpc) is 2.53. The van der Waals surface area contributed by atoms with Crippen LogP contribution in [0.2, 0.25) is 5.02 Å². The zero-order valence-corrected chi connectivity index (χ0v) is 12.9. The van der Waals surface area contributed by atoms with Gasteiger partial charge in [0.05, 0.1) is 18.1 Å². The van der Waals surface area contributed by atoms with E-state index in [0.29, 0.717) is 25.9 Å². The Morgan fingerprint density at radius 2 is 2.05 bits per heavy atom. The number of hydrogen-bond donors (Lipinski definition) is 0. The predicted octanol–water partition coefficient (Wildman–Crippen LogP) is 2.27. The van der Waals surface area contributed by atoms with Gasteiger partial charge in [0.25, 0.3) is 5.91 Å². The second-order valence-corrected chi connectivity index (χ2v) is 5.45. The first-order valence-corrected chi connectivity index (χ1v) is 7.32. The summed E-state index contributed by atoms with van der Waals surface area (Å²) in [5, 5.41) is 0.122. The Morgan fingerprint density at radius 1 is 1.36 bits per heavy atom. The standard InChI is InChI=1S/C15H17ClFNO4/c1-21-15(20)10-4-6-18(7-5-10)14(19)9-22-13-3-2-11(17)8-12(13)16/h2-3,8,10H,4-7,9H2,1H3. The molecule has 5 nitrogen and oxygen atoms in total. The Balaban J connectivity index is 1.82. The summed E-state index contributed by atoms with van der Waals surface area (Å²) in [6.45, 7) is 0.798. The normalized spacial score (nSPS) is 15.5. The molecule has 0 saturated carbocycles. The van der Waals surface area contributed by atoms with E-state index in [1.807, 2.05) is 0 Å². The Hall–Kier alpha value is -1.82. The van der Waals surface area contributed by atoms with Gasteiger partial charge in [-0.1, -0.05) is 11.6 Å². The van der Waals surface area contributed by atoms with E-state index in [1.54, 1.807) is 4.90 Å². The van der Waals surface area contributed by atoms with Gasteiger partial charge in [0, 0.05) is 13.1 Å². The van der Waals surface area contributed by atoms with Gasteiger partial charge >= 0.3 is 5.97 Å². The molecule has 1 amide bonds. The highest BCUT2D eigenvalue weighted by Crippen LogP contribution is 2.25. The second-order valence-electron chi connectivity index (χ2n) is 5.04. The highest BCUT2D eigenvalue weighted by molar-refractivity contribution is 6.32. The molecule has 1 fully saturated rings. The number of halogens is 2. The van der Waals surface area contributed by atoms with Crippen LogP contribution < -0.4 is 4.74 Å². The number of amides is 1. The number of carbonyl (C=O) groups is 2. The number of benzene rings is 1. The van der Waals surface area contributed by atoms with Crippen LogP contribution in [-0.4, -0.2) is 43.6 Å². The summed E-state index contributed by atoms with van der Waals surface area (Å²) in [6, 6.07) is 3.73. The SMILES string of the molecule is COC(=O)C1CCN(C(=O)COc2ccc(F)cc2Cl)CC1. The van der Waals surface area contributed by atoms with Gasteiger partial charge in [0.1, 0.15) is 11.6 Å². The van der Waals surface area contributed by atoms with E-state index in [0.717, 1.165) is 6.07 Å². The molecule has 0 aliphatic carbocycles. The van der Waals surface area contributed by atoms with Gasteiger partial charge in [0.15, 0.2) is 6.61 Å². The first-order chi connectivity index (χ1) is 10.5. The number of piperidine rings is 1. The Labute approximate surface area is 132 Å². The summed E-state index contributed by atoms with van der Waals surface area (Å²) in [5.41, 5.74) is 0. The number of nitrogens with zero attached hydrogens (tertiary/aromatic N) is 1. The maximum absolute atomic E-state index is 12.9. The fourth-order valence-electron chi connectivity index (χ4n) is 2.35. The maximum Gasteiger partial charge on any atom is 0.308 e. The van der Waals surface area contributed by atoms with E-state index in [4.69, 9.17) is 21.1 Å². The number of methoxy groups -OCH3 is 1. The van der Waals surface area contributed by atoms with Crippen LogP contribution in [-0.2, 0) is 14.3 Å². The summed E-state index contributed by atoms with van der Waals surface area (Å²) < 4.78 is 22.9. The summed E-state index contributed by atoms with van der Waals surface area (Å²) in [6.07, 6.45) is 1.16. The van der Waals surface area contributed by atoms with Gasteiger partial charge in [-0.25, -0.2) is 4.39 Å². The molecule has 0 spiro atoms. The third-order valence-corrected chi connectivity index (χ3v) is 3.92. The van der Waals surface area contributed by atoms with E-state index in [-0.39, 0.29) is 35.2 Å². The van der Waals surface area contributed by atoms with E-state index >= 15 is 0 Å². The number of carbonyl (C=O) groups excluding carboxylic acids is 2. The smallest absolute Gasteiger partial charge is 0.308 e. The molecule has 7 heteroatoms. The minimum Gasteiger partial charge on any atom is -0.482 e. The minimum atomic E-state index is -0.464. The van der Waals surface area contributed by atoms with Gasteiger partial charge in [-0.05, 0) is 31.0 Å². The topological polar surface area (TPSA) is 55.8 Å². The number of ether oxygens (including phenoxy) is 2. The molecule has 0 aromatic heterocycles. The molecule has 1 aromatic carbocycles. The van der Waals surface area contributed by atoms with Crippen LogP contribution in [0.25, 0.3) is 0 Å². The molecule has 0 unspecified atom stereocenters. The fourth-order valence-corrected chi connectivity index (χ4v) is 2.58. The van der Waals surface area contributed by atoms with Crippen molar-refractivity contribution in [3.8, 4) is 5.75 Å². The molecule has 2 rings (SSSR count). The largest absolute Gasteiger partial charge is 0.482 e. The minimum absolute atomic E-state index is 0.122. The van der Waals surface area contributed by atoms with Gasteiger partial charge in [-0.2, -0.15) is 0 Å². The number of rotatable bonds is 4. The van der Waals surface area contributed by atoms with Crippen LogP contribution in [0.5, 0.6) is 5.75 Å². The van der Waals surface area contributed by atoms with E-state index in [2.05, 4.69) is 0 Å². The molecule has 1 aliphatic heterocycles.